The van der Waals surface area contributed by atoms with Crippen molar-refractivity contribution in [1.29, 1.82) is 0 Å². The highest BCUT2D eigenvalue weighted by Crippen LogP contribution is 2.23. The van der Waals surface area contributed by atoms with Gasteiger partial charge in [0.25, 0.3) is 0 Å². The average Bonchev–Trinajstić information content (AvgIpc) is 2.95. The van der Waals surface area contributed by atoms with Crippen molar-refractivity contribution in [2.24, 2.45) is 0 Å². The van der Waals surface area contributed by atoms with Crippen molar-refractivity contribution in [3.8, 4) is 33.8 Å². The molecule has 0 bridgehead atoms. The fraction of sp³-hybridized carbons (Fsp3) is 0. The molecular formula is C32H22O4. The molecule has 36 heavy (non-hydrogen) atoms. The van der Waals surface area contributed by atoms with Crippen LogP contribution in [0.1, 0.15) is 20.7 Å². The van der Waals surface area contributed by atoms with E-state index in [2.05, 4.69) is 0 Å². The number of rotatable bonds is 6. The van der Waals surface area contributed by atoms with Gasteiger partial charge in [-0.1, -0.05) is 84.9 Å². The largest absolute Gasteiger partial charge is 0.423 e. The van der Waals surface area contributed by atoms with Gasteiger partial charge in [0, 0.05) is 0 Å². The van der Waals surface area contributed by atoms with Crippen molar-refractivity contribution in [2.45, 2.75) is 0 Å². The molecule has 0 aliphatic carbocycles. The van der Waals surface area contributed by atoms with Crippen LogP contribution in [0.15, 0.2) is 133 Å². The molecule has 0 atom stereocenters. The maximum Gasteiger partial charge on any atom is 0.343 e. The molecule has 5 aromatic rings. The first-order valence-electron chi connectivity index (χ1n) is 11.5. The van der Waals surface area contributed by atoms with Crippen LogP contribution in [-0.4, -0.2) is 11.9 Å². The molecule has 0 heterocycles. The van der Waals surface area contributed by atoms with E-state index in [9.17, 15) is 9.59 Å². The van der Waals surface area contributed by atoms with Crippen molar-refractivity contribution in [1.82, 2.24) is 0 Å². The fourth-order valence-corrected chi connectivity index (χ4v) is 3.77. The molecule has 0 fully saturated rings. The van der Waals surface area contributed by atoms with E-state index in [4.69, 9.17) is 9.47 Å². The molecule has 0 spiro atoms. The van der Waals surface area contributed by atoms with E-state index in [1.165, 1.54) is 0 Å². The van der Waals surface area contributed by atoms with Crippen LogP contribution in [0.25, 0.3) is 22.3 Å². The van der Waals surface area contributed by atoms with Crippen LogP contribution in [0.2, 0.25) is 0 Å². The van der Waals surface area contributed by atoms with E-state index < -0.39 is 11.9 Å². The summed E-state index contributed by atoms with van der Waals surface area (Å²) in [5.74, 6) is -0.200. The van der Waals surface area contributed by atoms with Gasteiger partial charge in [-0.15, -0.1) is 0 Å². The summed E-state index contributed by atoms with van der Waals surface area (Å²) in [6, 6.07) is 40.8. The van der Waals surface area contributed by atoms with Crippen LogP contribution >= 0.6 is 0 Å². The van der Waals surface area contributed by atoms with Gasteiger partial charge >= 0.3 is 11.9 Å². The Hall–Kier alpha value is -4.96. The molecule has 0 N–H and O–H groups in total. The quantitative estimate of drug-likeness (QED) is 0.191. The zero-order valence-electron chi connectivity index (χ0n) is 19.3. The smallest absolute Gasteiger partial charge is 0.343 e. The molecule has 5 rings (SSSR count). The number of hydrogen-bond acceptors (Lipinski definition) is 4. The number of hydrogen-bond donors (Lipinski definition) is 0. The molecule has 5 aromatic carbocycles. The van der Waals surface area contributed by atoms with Crippen LogP contribution in [0.4, 0.5) is 0 Å². The first-order valence-corrected chi connectivity index (χ1v) is 11.5. The molecule has 0 unspecified atom stereocenters. The van der Waals surface area contributed by atoms with Gasteiger partial charge in [-0.2, -0.15) is 0 Å². The van der Waals surface area contributed by atoms with Gasteiger partial charge < -0.3 is 9.47 Å². The second-order valence-electron chi connectivity index (χ2n) is 8.14. The highest BCUT2D eigenvalue weighted by molar-refractivity contribution is 5.92. The molecule has 0 radical (unpaired) electrons. The fourth-order valence-electron chi connectivity index (χ4n) is 3.77. The Bertz CT molecular complexity index is 1340. The predicted molar refractivity (Wildman–Crippen MR) is 140 cm³/mol. The molecule has 0 aromatic heterocycles. The van der Waals surface area contributed by atoms with E-state index in [0.29, 0.717) is 22.6 Å². The number of esters is 2. The highest BCUT2D eigenvalue weighted by Gasteiger charge is 2.12. The average molecular weight is 471 g/mol. The molecule has 4 nitrogen and oxygen atoms in total. The Morgan fingerprint density at radius 3 is 1.00 bits per heavy atom. The molecule has 4 heteroatoms. The summed E-state index contributed by atoms with van der Waals surface area (Å²) in [5.41, 5.74) is 5.10. The third-order valence-corrected chi connectivity index (χ3v) is 5.70. The minimum Gasteiger partial charge on any atom is -0.423 e. The van der Waals surface area contributed by atoms with Crippen LogP contribution < -0.4 is 9.47 Å². The second-order valence-corrected chi connectivity index (χ2v) is 8.14. The van der Waals surface area contributed by atoms with E-state index in [1.54, 1.807) is 48.5 Å². The zero-order valence-corrected chi connectivity index (χ0v) is 19.3. The van der Waals surface area contributed by atoms with Crippen molar-refractivity contribution in [2.75, 3.05) is 0 Å². The summed E-state index contributed by atoms with van der Waals surface area (Å²) >= 11 is 0. The zero-order chi connectivity index (χ0) is 24.7. The Morgan fingerprint density at radius 1 is 0.361 bits per heavy atom. The topological polar surface area (TPSA) is 52.6 Å². The summed E-state index contributed by atoms with van der Waals surface area (Å²) in [7, 11) is 0. The van der Waals surface area contributed by atoms with Gasteiger partial charge in [0.15, 0.2) is 0 Å². The standard InChI is InChI=1S/C32H22O4/c33-31(27-15-11-25(12-16-27)23-7-3-1-4-8-23)35-29-19-21-30(22-20-29)36-32(34)28-17-13-26(14-18-28)24-9-5-2-6-10-24/h1-22H. The van der Waals surface area contributed by atoms with Crippen molar-refractivity contribution < 1.29 is 19.1 Å². The first kappa shape index (κ1) is 22.8. The SMILES string of the molecule is O=C(Oc1ccc(OC(=O)c2ccc(-c3ccccc3)cc2)cc1)c1ccc(-c2ccccc2)cc1. The molecular weight excluding hydrogens is 448 g/mol. The highest BCUT2D eigenvalue weighted by atomic mass is 16.5. The predicted octanol–water partition coefficient (Wildman–Crippen LogP) is 7.46. The number of ether oxygens (including phenoxy) is 2. The van der Waals surface area contributed by atoms with Crippen LogP contribution in [0.3, 0.4) is 0 Å². The van der Waals surface area contributed by atoms with E-state index in [0.717, 1.165) is 22.3 Å². The maximum atomic E-state index is 12.5. The summed E-state index contributed by atoms with van der Waals surface area (Å²) < 4.78 is 10.9. The second kappa shape index (κ2) is 10.5. The molecule has 174 valence electrons. The Labute approximate surface area is 209 Å². The number of carbonyl (C=O) groups excluding carboxylic acids is 2. The molecule has 0 amide bonds. The van der Waals surface area contributed by atoms with E-state index in [-0.39, 0.29) is 0 Å². The Kier molecular flexibility index (Phi) is 6.68. The van der Waals surface area contributed by atoms with Gasteiger partial charge in [0.05, 0.1) is 11.1 Å². The third-order valence-electron chi connectivity index (χ3n) is 5.70. The minimum absolute atomic E-state index is 0.360. The van der Waals surface area contributed by atoms with Crippen LogP contribution in [0, 0.1) is 0 Å². The lowest BCUT2D eigenvalue weighted by molar-refractivity contribution is 0.0719. The van der Waals surface area contributed by atoms with E-state index in [1.807, 2.05) is 84.9 Å². The summed E-state index contributed by atoms with van der Waals surface area (Å²) in [6.07, 6.45) is 0. The normalized spacial score (nSPS) is 10.4. The lowest BCUT2D eigenvalue weighted by Gasteiger charge is -2.08. The monoisotopic (exact) mass is 470 g/mol. The third kappa shape index (κ3) is 5.40. The van der Waals surface area contributed by atoms with Gasteiger partial charge in [-0.25, -0.2) is 9.59 Å². The molecule has 0 saturated heterocycles. The van der Waals surface area contributed by atoms with Crippen molar-refractivity contribution in [3.05, 3.63) is 145 Å². The van der Waals surface area contributed by atoms with Crippen molar-refractivity contribution in [3.63, 3.8) is 0 Å². The van der Waals surface area contributed by atoms with Gasteiger partial charge in [0.1, 0.15) is 11.5 Å². The van der Waals surface area contributed by atoms with Gasteiger partial charge in [-0.05, 0) is 70.8 Å². The summed E-state index contributed by atoms with van der Waals surface area (Å²) in [6.45, 7) is 0. The Morgan fingerprint density at radius 2 is 0.667 bits per heavy atom. The molecule has 0 saturated carbocycles. The lowest BCUT2D eigenvalue weighted by Crippen LogP contribution is -2.09. The van der Waals surface area contributed by atoms with Gasteiger partial charge in [0.2, 0.25) is 0 Å². The Balaban J connectivity index is 1.19. The summed E-state index contributed by atoms with van der Waals surface area (Å²) in [4.78, 5) is 25.1. The van der Waals surface area contributed by atoms with Gasteiger partial charge in [-0.3, -0.25) is 0 Å². The number of carbonyl (C=O) groups is 2. The molecule has 0 aliphatic heterocycles. The first-order chi connectivity index (χ1) is 17.7. The maximum absolute atomic E-state index is 12.5. The van der Waals surface area contributed by atoms with E-state index >= 15 is 0 Å². The summed E-state index contributed by atoms with van der Waals surface area (Å²) in [5, 5.41) is 0. The van der Waals surface area contributed by atoms with Crippen molar-refractivity contribution >= 4 is 11.9 Å². The minimum atomic E-state index is -0.460. The number of benzene rings is 5. The lowest BCUT2D eigenvalue weighted by atomic mass is 10.0. The van der Waals surface area contributed by atoms with Crippen LogP contribution in [-0.2, 0) is 0 Å². The molecule has 0 aliphatic rings. The van der Waals surface area contributed by atoms with Crippen LogP contribution in [0.5, 0.6) is 11.5 Å².